The topological polar surface area (TPSA) is 74.8 Å². The number of hydrogen-bond donors (Lipinski definition) is 1. The van der Waals surface area contributed by atoms with E-state index < -0.39 is 5.60 Å². The van der Waals surface area contributed by atoms with Crippen LogP contribution in [-0.2, 0) is 4.74 Å². The number of hydrogen-bond acceptors (Lipinski definition) is 5. The van der Waals surface area contributed by atoms with Crippen LogP contribution in [0.2, 0.25) is 0 Å². The number of piperidine rings is 1. The van der Waals surface area contributed by atoms with Gasteiger partial charge in [0.15, 0.2) is 0 Å². The van der Waals surface area contributed by atoms with Gasteiger partial charge in [-0.25, -0.2) is 9.78 Å². The summed E-state index contributed by atoms with van der Waals surface area (Å²) in [6.45, 7) is 7.06. The molecule has 0 unspecified atom stereocenters. The third-order valence-electron chi connectivity index (χ3n) is 4.25. The molecular formula is C18H28N4O3. The smallest absolute Gasteiger partial charge is 0.410 e. The van der Waals surface area contributed by atoms with Crippen molar-refractivity contribution in [2.24, 2.45) is 0 Å². The fraction of sp³-hybridized carbons (Fsp3) is 0.611. The zero-order chi connectivity index (χ0) is 18.6. The minimum atomic E-state index is -0.498. The first-order valence-electron chi connectivity index (χ1n) is 8.61. The molecule has 7 nitrogen and oxygen atoms in total. The van der Waals surface area contributed by atoms with Gasteiger partial charge in [0.05, 0.1) is 5.56 Å². The Morgan fingerprint density at radius 2 is 1.96 bits per heavy atom. The van der Waals surface area contributed by atoms with Crippen LogP contribution in [0.5, 0.6) is 0 Å². The number of aromatic nitrogens is 1. The highest BCUT2D eigenvalue weighted by Gasteiger charge is 2.30. The second kappa shape index (κ2) is 7.72. The highest BCUT2D eigenvalue weighted by Crippen LogP contribution is 2.24. The second-order valence-corrected chi connectivity index (χ2v) is 7.26. The van der Waals surface area contributed by atoms with Crippen LogP contribution >= 0.6 is 0 Å². The minimum Gasteiger partial charge on any atom is -0.444 e. The average Bonchev–Trinajstić information content (AvgIpc) is 2.59. The molecule has 2 amide bonds. The van der Waals surface area contributed by atoms with Crippen molar-refractivity contribution in [3.63, 3.8) is 0 Å². The number of carbonyl (C=O) groups excluding carboxylic acids is 2. The Morgan fingerprint density at radius 3 is 2.52 bits per heavy atom. The number of nitrogens with one attached hydrogen (secondary N) is 1. The standard InChI is InChI=1S/C18H28N4O3/c1-18(2,3)25-17(24)21(5)13-8-11-22(12-9-13)15-14(16(23)19-4)7-6-10-20-15/h6-7,10,13H,8-9,11-12H2,1-5H3,(H,19,23). The van der Waals surface area contributed by atoms with Crippen molar-refractivity contribution in [1.82, 2.24) is 15.2 Å². The molecule has 0 atom stereocenters. The Bertz CT molecular complexity index is 619. The zero-order valence-electron chi connectivity index (χ0n) is 15.7. The normalized spacial score (nSPS) is 15.6. The van der Waals surface area contributed by atoms with Gasteiger partial charge in [-0.3, -0.25) is 4.79 Å². The van der Waals surface area contributed by atoms with E-state index in [0.29, 0.717) is 11.4 Å². The molecule has 0 spiro atoms. The van der Waals surface area contributed by atoms with Crippen LogP contribution in [0, 0.1) is 0 Å². The van der Waals surface area contributed by atoms with E-state index in [2.05, 4.69) is 15.2 Å². The minimum absolute atomic E-state index is 0.123. The van der Waals surface area contributed by atoms with E-state index in [1.165, 1.54) is 0 Å². The first-order valence-corrected chi connectivity index (χ1v) is 8.61. The fourth-order valence-corrected chi connectivity index (χ4v) is 2.91. The molecule has 0 bridgehead atoms. The van der Waals surface area contributed by atoms with Gasteiger partial charge in [0.2, 0.25) is 0 Å². The molecule has 0 radical (unpaired) electrons. The molecule has 25 heavy (non-hydrogen) atoms. The molecule has 2 rings (SSSR count). The Kier molecular flexibility index (Phi) is 5.87. The molecule has 1 fully saturated rings. The molecule has 1 aromatic heterocycles. The maximum atomic E-state index is 12.2. The Balaban J connectivity index is 2.01. The number of pyridine rings is 1. The Labute approximate surface area is 149 Å². The monoisotopic (exact) mass is 348 g/mol. The van der Waals surface area contributed by atoms with Gasteiger partial charge in [-0.2, -0.15) is 0 Å². The summed E-state index contributed by atoms with van der Waals surface area (Å²) < 4.78 is 5.44. The number of rotatable bonds is 3. The first-order chi connectivity index (χ1) is 11.7. The molecule has 0 aliphatic carbocycles. The van der Waals surface area contributed by atoms with Crippen molar-refractivity contribution < 1.29 is 14.3 Å². The quantitative estimate of drug-likeness (QED) is 0.907. The third kappa shape index (κ3) is 4.84. The average molecular weight is 348 g/mol. The van der Waals surface area contributed by atoms with Gasteiger partial charge >= 0.3 is 6.09 Å². The second-order valence-electron chi connectivity index (χ2n) is 7.26. The number of ether oxygens (including phenoxy) is 1. The van der Waals surface area contributed by atoms with Crippen molar-refractivity contribution >= 4 is 17.8 Å². The lowest BCUT2D eigenvalue weighted by Gasteiger charge is -2.38. The van der Waals surface area contributed by atoms with Crippen LogP contribution in [0.15, 0.2) is 18.3 Å². The van der Waals surface area contributed by atoms with Crippen LogP contribution < -0.4 is 10.2 Å². The molecule has 1 aliphatic heterocycles. The van der Waals surface area contributed by atoms with E-state index in [9.17, 15) is 9.59 Å². The van der Waals surface area contributed by atoms with Crippen LogP contribution in [0.25, 0.3) is 0 Å². The predicted molar refractivity (Wildman–Crippen MR) is 96.9 cm³/mol. The van der Waals surface area contributed by atoms with Gasteiger partial charge in [0, 0.05) is 39.4 Å². The van der Waals surface area contributed by atoms with E-state index >= 15 is 0 Å². The molecular weight excluding hydrogens is 320 g/mol. The third-order valence-corrected chi connectivity index (χ3v) is 4.25. The Morgan fingerprint density at radius 1 is 1.32 bits per heavy atom. The lowest BCUT2D eigenvalue weighted by atomic mass is 10.0. The maximum absolute atomic E-state index is 12.2. The maximum Gasteiger partial charge on any atom is 0.410 e. The van der Waals surface area contributed by atoms with Gasteiger partial charge in [-0.15, -0.1) is 0 Å². The summed E-state index contributed by atoms with van der Waals surface area (Å²) in [6.07, 6.45) is 3.01. The van der Waals surface area contributed by atoms with Gasteiger partial charge in [-0.05, 0) is 45.7 Å². The summed E-state index contributed by atoms with van der Waals surface area (Å²) in [4.78, 5) is 32.4. The molecule has 0 aromatic carbocycles. The van der Waals surface area contributed by atoms with Gasteiger partial charge < -0.3 is 19.9 Å². The van der Waals surface area contributed by atoms with Gasteiger partial charge in [0.25, 0.3) is 5.91 Å². The largest absolute Gasteiger partial charge is 0.444 e. The van der Waals surface area contributed by atoms with Gasteiger partial charge in [-0.1, -0.05) is 0 Å². The summed E-state index contributed by atoms with van der Waals surface area (Å²) >= 11 is 0. The molecule has 138 valence electrons. The van der Waals surface area contributed by atoms with E-state index in [1.807, 2.05) is 20.8 Å². The van der Waals surface area contributed by atoms with E-state index in [-0.39, 0.29) is 18.0 Å². The van der Waals surface area contributed by atoms with Crippen molar-refractivity contribution in [3.8, 4) is 0 Å². The first kappa shape index (κ1) is 19.0. The predicted octanol–water partition coefficient (Wildman–Crippen LogP) is 2.28. The van der Waals surface area contributed by atoms with E-state index in [4.69, 9.17) is 4.74 Å². The lowest BCUT2D eigenvalue weighted by molar-refractivity contribution is 0.0201. The number of nitrogens with zero attached hydrogens (tertiary/aromatic N) is 3. The van der Waals surface area contributed by atoms with Crippen molar-refractivity contribution in [1.29, 1.82) is 0 Å². The summed E-state index contributed by atoms with van der Waals surface area (Å²) in [5.74, 6) is 0.552. The number of amides is 2. The molecule has 1 saturated heterocycles. The SMILES string of the molecule is CNC(=O)c1cccnc1N1CCC(N(C)C(=O)OC(C)(C)C)CC1. The lowest BCUT2D eigenvalue weighted by Crippen LogP contribution is -2.47. The molecule has 7 heteroatoms. The number of carbonyl (C=O) groups is 2. The van der Waals surface area contributed by atoms with Gasteiger partial charge in [0.1, 0.15) is 11.4 Å². The van der Waals surface area contributed by atoms with Crippen LogP contribution in [0.4, 0.5) is 10.6 Å². The molecule has 1 N–H and O–H groups in total. The van der Waals surface area contributed by atoms with Crippen molar-refractivity contribution in [2.75, 3.05) is 32.1 Å². The van der Waals surface area contributed by atoms with Crippen molar-refractivity contribution in [3.05, 3.63) is 23.9 Å². The fourth-order valence-electron chi connectivity index (χ4n) is 2.91. The molecule has 1 aliphatic rings. The van der Waals surface area contributed by atoms with E-state index in [0.717, 1.165) is 25.9 Å². The highest BCUT2D eigenvalue weighted by atomic mass is 16.6. The zero-order valence-corrected chi connectivity index (χ0v) is 15.7. The molecule has 0 saturated carbocycles. The summed E-state index contributed by atoms with van der Waals surface area (Å²) in [7, 11) is 3.40. The summed E-state index contributed by atoms with van der Waals surface area (Å²) in [5, 5.41) is 2.65. The van der Waals surface area contributed by atoms with Crippen LogP contribution in [0.1, 0.15) is 44.0 Å². The van der Waals surface area contributed by atoms with Crippen LogP contribution in [-0.4, -0.2) is 60.7 Å². The van der Waals surface area contributed by atoms with Crippen molar-refractivity contribution in [2.45, 2.75) is 45.3 Å². The number of anilines is 1. The summed E-state index contributed by atoms with van der Waals surface area (Å²) in [6, 6.07) is 3.66. The molecule has 1 aromatic rings. The van der Waals surface area contributed by atoms with E-state index in [1.54, 1.807) is 37.3 Å². The Hall–Kier alpha value is -2.31. The summed E-state index contributed by atoms with van der Waals surface area (Å²) in [5.41, 5.74) is 0.0755. The molecule has 2 heterocycles. The highest BCUT2D eigenvalue weighted by molar-refractivity contribution is 5.98. The van der Waals surface area contributed by atoms with Crippen LogP contribution in [0.3, 0.4) is 0 Å².